The number of benzene rings is 2. The number of carbonyl (C=O) groups is 2. The van der Waals surface area contributed by atoms with Crippen LogP contribution in [0.5, 0.6) is 11.5 Å². The summed E-state index contributed by atoms with van der Waals surface area (Å²) in [5.41, 5.74) is 0.820. The second-order valence-electron chi connectivity index (χ2n) is 6.23. The van der Waals surface area contributed by atoms with Crippen molar-refractivity contribution in [3.8, 4) is 11.5 Å². The molecule has 0 aromatic heterocycles. The number of anilines is 1. The molecule has 0 atom stereocenters. The first kappa shape index (κ1) is 21.4. The summed E-state index contributed by atoms with van der Waals surface area (Å²) in [6, 6.07) is 13.1. The van der Waals surface area contributed by atoms with Crippen molar-refractivity contribution in [3.63, 3.8) is 0 Å². The van der Waals surface area contributed by atoms with Gasteiger partial charge < -0.3 is 33.9 Å². The Morgan fingerprint density at radius 3 is 2.30 bits per heavy atom. The standard InChI is InChI=1S/C20H20BNO8/c1-27-19(23)15-11-29-12-22(18(15)20(24)28-2)16-5-3-4-6-17(16)30-14-9-7-13(8-10-14)21(25)26/h3-10,25-26H,11-12H2,1-2H3. The number of nitrogens with zero attached hydrogens (tertiary/aromatic N) is 1. The van der Waals surface area contributed by atoms with Gasteiger partial charge in [0.05, 0.1) is 32.1 Å². The lowest BCUT2D eigenvalue weighted by Gasteiger charge is -2.32. The molecule has 0 saturated carbocycles. The van der Waals surface area contributed by atoms with E-state index in [-0.39, 0.29) is 24.6 Å². The van der Waals surface area contributed by atoms with Crippen LogP contribution in [0.1, 0.15) is 0 Å². The normalized spacial score (nSPS) is 13.7. The lowest BCUT2D eigenvalue weighted by atomic mass is 9.80. The number of hydrogen-bond acceptors (Lipinski definition) is 9. The molecule has 0 unspecified atom stereocenters. The van der Waals surface area contributed by atoms with Gasteiger partial charge in [0, 0.05) is 0 Å². The molecule has 2 N–H and O–H groups in total. The Morgan fingerprint density at radius 1 is 1.00 bits per heavy atom. The van der Waals surface area contributed by atoms with Crippen LogP contribution < -0.4 is 15.1 Å². The van der Waals surface area contributed by atoms with Crippen molar-refractivity contribution in [1.29, 1.82) is 0 Å². The smallest absolute Gasteiger partial charge is 0.466 e. The van der Waals surface area contributed by atoms with Crippen molar-refractivity contribution >= 4 is 30.2 Å². The minimum absolute atomic E-state index is 0.00500. The molecule has 10 heteroatoms. The molecular weight excluding hydrogens is 393 g/mol. The third kappa shape index (κ3) is 4.46. The highest BCUT2D eigenvalue weighted by Crippen LogP contribution is 2.36. The molecule has 0 spiro atoms. The second-order valence-corrected chi connectivity index (χ2v) is 6.23. The Kier molecular flexibility index (Phi) is 6.73. The van der Waals surface area contributed by atoms with Crippen LogP contribution in [0.15, 0.2) is 59.8 Å². The molecule has 2 aromatic rings. The molecule has 1 heterocycles. The number of para-hydroxylation sites is 2. The number of esters is 2. The third-order valence-corrected chi connectivity index (χ3v) is 4.40. The molecule has 0 radical (unpaired) electrons. The van der Waals surface area contributed by atoms with Gasteiger partial charge in [-0.25, -0.2) is 9.59 Å². The highest BCUT2D eigenvalue weighted by atomic mass is 16.5. The highest BCUT2D eigenvalue weighted by molar-refractivity contribution is 6.58. The fourth-order valence-corrected chi connectivity index (χ4v) is 2.94. The largest absolute Gasteiger partial charge is 0.488 e. The summed E-state index contributed by atoms with van der Waals surface area (Å²) < 4.78 is 21.1. The zero-order valence-corrected chi connectivity index (χ0v) is 16.4. The average molecular weight is 413 g/mol. The van der Waals surface area contributed by atoms with E-state index >= 15 is 0 Å². The lowest BCUT2D eigenvalue weighted by molar-refractivity contribution is -0.140. The summed E-state index contributed by atoms with van der Waals surface area (Å²) in [5.74, 6) is -0.598. The van der Waals surface area contributed by atoms with Crippen LogP contribution in [-0.2, 0) is 23.8 Å². The molecular formula is C20H20BNO8. The van der Waals surface area contributed by atoms with Gasteiger partial charge >= 0.3 is 19.1 Å². The van der Waals surface area contributed by atoms with Crippen molar-refractivity contribution < 1.29 is 38.6 Å². The Labute approximate surface area is 173 Å². The maximum absolute atomic E-state index is 12.5. The van der Waals surface area contributed by atoms with E-state index in [4.69, 9.17) is 18.9 Å². The second kappa shape index (κ2) is 9.44. The zero-order chi connectivity index (χ0) is 21.7. The minimum atomic E-state index is -1.58. The van der Waals surface area contributed by atoms with Crippen LogP contribution in [0.2, 0.25) is 0 Å². The van der Waals surface area contributed by atoms with E-state index in [0.29, 0.717) is 22.6 Å². The Morgan fingerprint density at radius 2 is 1.67 bits per heavy atom. The van der Waals surface area contributed by atoms with E-state index in [2.05, 4.69) is 0 Å². The molecule has 0 saturated heterocycles. The average Bonchev–Trinajstić information content (AvgIpc) is 2.78. The number of methoxy groups -OCH3 is 2. The number of ether oxygens (including phenoxy) is 4. The van der Waals surface area contributed by atoms with E-state index in [1.807, 2.05) is 0 Å². The van der Waals surface area contributed by atoms with Crippen LogP contribution in [0, 0.1) is 0 Å². The third-order valence-electron chi connectivity index (χ3n) is 4.40. The topological polar surface area (TPSA) is 115 Å². The van der Waals surface area contributed by atoms with Crippen molar-refractivity contribution in [2.75, 3.05) is 32.5 Å². The van der Waals surface area contributed by atoms with E-state index in [0.717, 1.165) is 0 Å². The van der Waals surface area contributed by atoms with Crippen LogP contribution in [0.3, 0.4) is 0 Å². The molecule has 2 aromatic carbocycles. The molecule has 1 aliphatic rings. The summed E-state index contributed by atoms with van der Waals surface area (Å²) in [6.45, 7) is -0.109. The number of hydrogen-bond donors (Lipinski definition) is 2. The zero-order valence-electron chi connectivity index (χ0n) is 16.4. The SMILES string of the molecule is COC(=O)C1=C(C(=O)OC)N(c2ccccc2Oc2ccc(B(O)O)cc2)COC1. The summed E-state index contributed by atoms with van der Waals surface area (Å²) >= 11 is 0. The molecule has 0 bridgehead atoms. The Hall–Kier alpha value is -3.34. The maximum Gasteiger partial charge on any atom is 0.488 e. The van der Waals surface area contributed by atoms with E-state index in [1.54, 1.807) is 36.4 Å². The van der Waals surface area contributed by atoms with Gasteiger partial charge in [0.15, 0.2) is 5.75 Å². The maximum atomic E-state index is 12.5. The minimum Gasteiger partial charge on any atom is -0.466 e. The molecule has 9 nitrogen and oxygen atoms in total. The fourth-order valence-electron chi connectivity index (χ4n) is 2.94. The van der Waals surface area contributed by atoms with Gasteiger partial charge in [0.25, 0.3) is 0 Å². The van der Waals surface area contributed by atoms with Crippen molar-refractivity contribution in [1.82, 2.24) is 0 Å². The van der Waals surface area contributed by atoms with E-state index < -0.39 is 19.1 Å². The van der Waals surface area contributed by atoms with Gasteiger partial charge in [0.1, 0.15) is 18.2 Å². The number of carbonyl (C=O) groups excluding carboxylic acids is 2. The van der Waals surface area contributed by atoms with E-state index in [9.17, 15) is 19.6 Å². The van der Waals surface area contributed by atoms with Crippen LogP contribution in [-0.4, -0.2) is 56.7 Å². The van der Waals surface area contributed by atoms with Gasteiger partial charge in [-0.3, -0.25) is 0 Å². The van der Waals surface area contributed by atoms with Gasteiger partial charge in [0.2, 0.25) is 0 Å². The predicted molar refractivity (Wildman–Crippen MR) is 107 cm³/mol. The van der Waals surface area contributed by atoms with Gasteiger partial charge in [-0.05, 0) is 29.7 Å². The summed E-state index contributed by atoms with van der Waals surface area (Å²) in [7, 11) is 0.853. The first-order valence-electron chi connectivity index (χ1n) is 8.94. The quantitative estimate of drug-likeness (QED) is 0.518. The molecule has 30 heavy (non-hydrogen) atoms. The predicted octanol–water partition coefficient (Wildman–Crippen LogP) is 0.553. The summed E-state index contributed by atoms with van der Waals surface area (Å²) in [5, 5.41) is 18.4. The molecule has 1 aliphatic heterocycles. The highest BCUT2D eigenvalue weighted by Gasteiger charge is 2.33. The van der Waals surface area contributed by atoms with Crippen LogP contribution in [0.25, 0.3) is 0 Å². The van der Waals surface area contributed by atoms with Gasteiger partial charge in [-0.1, -0.05) is 24.3 Å². The summed E-state index contributed by atoms with van der Waals surface area (Å²) in [4.78, 5) is 26.1. The molecule has 0 fully saturated rings. The van der Waals surface area contributed by atoms with Crippen LogP contribution >= 0.6 is 0 Å². The first-order chi connectivity index (χ1) is 14.5. The molecule has 3 rings (SSSR count). The fraction of sp³-hybridized carbons (Fsp3) is 0.200. The van der Waals surface area contributed by atoms with Crippen molar-refractivity contribution in [2.45, 2.75) is 0 Å². The number of rotatable bonds is 6. The van der Waals surface area contributed by atoms with Crippen molar-refractivity contribution in [2.24, 2.45) is 0 Å². The molecule has 0 amide bonds. The molecule has 0 aliphatic carbocycles. The van der Waals surface area contributed by atoms with E-state index in [1.165, 1.54) is 31.3 Å². The first-order valence-corrected chi connectivity index (χ1v) is 8.94. The van der Waals surface area contributed by atoms with Crippen molar-refractivity contribution in [3.05, 3.63) is 59.8 Å². The van der Waals surface area contributed by atoms with Crippen LogP contribution in [0.4, 0.5) is 5.69 Å². The Bertz CT molecular complexity index is 958. The van der Waals surface area contributed by atoms with Gasteiger partial charge in [-0.2, -0.15) is 0 Å². The summed E-state index contributed by atoms with van der Waals surface area (Å²) in [6.07, 6.45) is 0. The molecule has 156 valence electrons. The Balaban J connectivity index is 2.00. The lowest BCUT2D eigenvalue weighted by Crippen LogP contribution is -2.38. The monoisotopic (exact) mass is 413 g/mol. The van der Waals surface area contributed by atoms with Gasteiger partial charge in [-0.15, -0.1) is 0 Å².